The molecule has 142 valence electrons. The van der Waals surface area contributed by atoms with Crippen LogP contribution in [0.5, 0.6) is 11.5 Å². The summed E-state index contributed by atoms with van der Waals surface area (Å²) in [4.78, 5) is 1.16. The minimum Gasteiger partial charge on any atom is -0.493 e. The van der Waals surface area contributed by atoms with Crippen LogP contribution in [0.25, 0.3) is 0 Å². The Morgan fingerprint density at radius 3 is 2.78 bits per heavy atom. The summed E-state index contributed by atoms with van der Waals surface area (Å²) in [6.07, 6.45) is 1.73. The molecule has 2 aromatic heterocycles. The lowest BCUT2D eigenvalue weighted by Gasteiger charge is -2.15. The molecule has 0 aliphatic carbocycles. The molecule has 0 radical (unpaired) electrons. The molecule has 27 heavy (non-hydrogen) atoms. The molecule has 2 heterocycles. The fraction of sp³-hybridized carbons (Fsp3) is 0.316. The predicted octanol–water partition coefficient (Wildman–Crippen LogP) is 4.77. The van der Waals surface area contributed by atoms with Gasteiger partial charge in [0.25, 0.3) is 0 Å². The molecule has 0 aliphatic rings. The van der Waals surface area contributed by atoms with E-state index in [-0.39, 0.29) is 5.41 Å². The number of nitrogens with zero attached hydrogens (tertiary/aromatic N) is 3. The molecule has 1 N–H and O–H groups in total. The number of ether oxygens (including phenoxy) is 2. The highest BCUT2D eigenvalue weighted by Gasteiger charge is 2.21. The number of thiophene rings is 1. The van der Waals surface area contributed by atoms with Crippen LogP contribution in [0.3, 0.4) is 0 Å². The molecule has 0 unspecified atom stereocenters. The minimum atomic E-state index is -0.178. The zero-order valence-corrected chi connectivity index (χ0v) is 17.4. The summed E-state index contributed by atoms with van der Waals surface area (Å²) in [6, 6.07) is 9.74. The second kappa shape index (κ2) is 8.06. The minimum absolute atomic E-state index is 0.178. The molecule has 0 aliphatic heterocycles. The molecule has 0 saturated carbocycles. The van der Waals surface area contributed by atoms with Crippen LogP contribution in [0.2, 0.25) is 0 Å². The fourth-order valence-corrected chi connectivity index (χ4v) is 3.23. The largest absolute Gasteiger partial charge is 0.493 e. The summed E-state index contributed by atoms with van der Waals surface area (Å²) in [5.74, 6) is 2.12. The fourth-order valence-electron chi connectivity index (χ4n) is 2.44. The third-order valence-corrected chi connectivity index (χ3v) is 4.90. The maximum atomic E-state index is 5.86. The van der Waals surface area contributed by atoms with Crippen LogP contribution in [0.1, 0.15) is 37.0 Å². The van der Waals surface area contributed by atoms with Gasteiger partial charge in [0.05, 0.1) is 13.3 Å². The van der Waals surface area contributed by atoms with Gasteiger partial charge in [-0.1, -0.05) is 26.8 Å². The first kappa shape index (κ1) is 19.3. The lowest BCUT2D eigenvalue weighted by atomic mass is 9.96. The summed E-state index contributed by atoms with van der Waals surface area (Å²) in [6.45, 7) is 6.70. The van der Waals surface area contributed by atoms with E-state index in [1.807, 2.05) is 35.7 Å². The molecule has 0 saturated heterocycles. The number of H-pyrrole nitrogens is 1. The van der Waals surface area contributed by atoms with E-state index in [9.17, 15) is 0 Å². The maximum Gasteiger partial charge on any atom is 0.216 e. The number of benzene rings is 1. The Morgan fingerprint density at radius 1 is 1.30 bits per heavy atom. The first-order valence-electron chi connectivity index (χ1n) is 8.44. The molecule has 0 amide bonds. The summed E-state index contributed by atoms with van der Waals surface area (Å²) >= 11 is 6.95. The third kappa shape index (κ3) is 4.64. The van der Waals surface area contributed by atoms with Gasteiger partial charge in [-0.25, -0.2) is 0 Å². The number of nitrogens with one attached hydrogen (secondary N) is 1. The average Bonchev–Trinajstić information content (AvgIpc) is 3.27. The lowest BCUT2D eigenvalue weighted by Crippen LogP contribution is -2.17. The van der Waals surface area contributed by atoms with E-state index >= 15 is 0 Å². The Bertz CT molecular complexity index is 982. The summed E-state index contributed by atoms with van der Waals surface area (Å²) in [7, 11) is 1.62. The molecule has 0 fully saturated rings. The van der Waals surface area contributed by atoms with Gasteiger partial charge >= 0.3 is 0 Å². The molecule has 1 aromatic carbocycles. The quantitative estimate of drug-likeness (QED) is 0.476. The zero-order valence-electron chi connectivity index (χ0n) is 15.7. The summed E-state index contributed by atoms with van der Waals surface area (Å²) < 4.78 is 13.4. The molecule has 3 rings (SSSR count). The second-order valence-corrected chi connectivity index (χ2v) is 8.36. The number of methoxy groups -OCH3 is 1. The maximum absolute atomic E-state index is 5.86. The van der Waals surface area contributed by atoms with Gasteiger partial charge in [0.15, 0.2) is 17.3 Å². The van der Waals surface area contributed by atoms with Gasteiger partial charge in [0, 0.05) is 10.3 Å². The number of aromatic nitrogens is 3. The molecule has 3 aromatic rings. The number of hydrogen-bond donors (Lipinski definition) is 1. The van der Waals surface area contributed by atoms with Crippen LogP contribution in [-0.2, 0) is 12.0 Å². The van der Waals surface area contributed by atoms with Crippen molar-refractivity contribution >= 4 is 29.8 Å². The highest BCUT2D eigenvalue weighted by molar-refractivity contribution is 7.71. The predicted molar refractivity (Wildman–Crippen MR) is 111 cm³/mol. The summed E-state index contributed by atoms with van der Waals surface area (Å²) in [5, 5.41) is 13.6. The molecule has 6 nitrogen and oxygen atoms in total. The summed E-state index contributed by atoms with van der Waals surface area (Å²) in [5.41, 5.74) is 0.695. The standard InChI is InChI=1S/C19H22N4O2S2/c1-19(2,3)17-21-22-18(26)23(17)20-11-13-7-8-15(16(10-13)24-4)25-12-14-6-5-9-27-14/h5-11H,12H2,1-4H3,(H,22,26)/b20-11-. The van der Waals surface area contributed by atoms with Gasteiger partial charge in [-0.2, -0.15) is 14.9 Å². The van der Waals surface area contributed by atoms with Crippen LogP contribution < -0.4 is 9.47 Å². The third-order valence-electron chi connectivity index (χ3n) is 3.78. The van der Waals surface area contributed by atoms with Gasteiger partial charge in [-0.3, -0.25) is 5.10 Å². The first-order valence-corrected chi connectivity index (χ1v) is 9.73. The van der Waals surface area contributed by atoms with E-state index in [1.165, 1.54) is 0 Å². The van der Waals surface area contributed by atoms with Crippen LogP contribution in [-0.4, -0.2) is 28.2 Å². The van der Waals surface area contributed by atoms with Gasteiger partial charge in [-0.05, 0) is 47.4 Å². The molecule has 0 spiro atoms. The van der Waals surface area contributed by atoms with Crippen LogP contribution in [0.15, 0.2) is 40.8 Å². The monoisotopic (exact) mass is 402 g/mol. The van der Waals surface area contributed by atoms with Crippen molar-refractivity contribution in [2.24, 2.45) is 5.10 Å². The molecule has 0 atom stereocenters. The van der Waals surface area contributed by atoms with Crippen molar-refractivity contribution in [3.8, 4) is 11.5 Å². The lowest BCUT2D eigenvalue weighted by molar-refractivity contribution is 0.287. The number of hydrogen-bond acceptors (Lipinski definition) is 6. The molecule has 0 bridgehead atoms. The van der Waals surface area contributed by atoms with E-state index in [1.54, 1.807) is 29.3 Å². The molecular formula is C19H22N4O2S2. The van der Waals surface area contributed by atoms with Crippen LogP contribution in [0, 0.1) is 4.77 Å². The Balaban J connectivity index is 1.81. The Kier molecular flexibility index (Phi) is 5.76. The highest BCUT2D eigenvalue weighted by atomic mass is 32.1. The van der Waals surface area contributed by atoms with Crippen molar-refractivity contribution in [3.05, 3.63) is 56.7 Å². The van der Waals surface area contributed by atoms with Crippen LogP contribution in [0.4, 0.5) is 0 Å². The van der Waals surface area contributed by atoms with E-state index in [0.29, 0.717) is 22.9 Å². The van der Waals surface area contributed by atoms with Crippen molar-refractivity contribution in [3.63, 3.8) is 0 Å². The van der Waals surface area contributed by atoms with E-state index < -0.39 is 0 Å². The SMILES string of the molecule is COc1cc(/C=N\n2c(C(C)(C)C)n[nH]c2=S)ccc1OCc1cccs1. The van der Waals surface area contributed by atoms with Gasteiger partial charge in [0.1, 0.15) is 6.61 Å². The molecular weight excluding hydrogens is 380 g/mol. The van der Waals surface area contributed by atoms with Crippen molar-refractivity contribution in [2.45, 2.75) is 32.8 Å². The van der Waals surface area contributed by atoms with Crippen molar-refractivity contribution < 1.29 is 9.47 Å². The number of rotatable bonds is 6. The highest BCUT2D eigenvalue weighted by Crippen LogP contribution is 2.29. The van der Waals surface area contributed by atoms with Crippen molar-refractivity contribution in [1.82, 2.24) is 14.9 Å². The zero-order chi connectivity index (χ0) is 19.4. The normalized spacial score (nSPS) is 11.9. The van der Waals surface area contributed by atoms with Gasteiger partial charge < -0.3 is 9.47 Å². The van der Waals surface area contributed by atoms with E-state index in [4.69, 9.17) is 21.7 Å². The number of aromatic amines is 1. The smallest absolute Gasteiger partial charge is 0.216 e. The van der Waals surface area contributed by atoms with Crippen molar-refractivity contribution in [1.29, 1.82) is 0 Å². The van der Waals surface area contributed by atoms with Gasteiger partial charge in [-0.15, -0.1) is 11.3 Å². The Hall–Kier alpha value is -2.45. The Labute approximate surface area is 167 Å². The first-order chi connectivity index (χ1) is 12.9. The van der Waals surface area contributed by atoms with Gasteiger partial charge in [0.2, 0.25) is 4.77 Å². The average molecular weight is 403 g/mol. The Morgan fingerprint density at radius 2 is 2.11 bits per heavy atom. The second-order valence-electron chi connectivity index (χ2n) is 6.94. The molecule has 8 heteroatoms. The van der Waals surface area contributed by atoms with Crippen LogP contribution >= 0.6 is 23.6 Å². The van der Waals surface area contributed by atoms with E-state index in [2.05, 4.69) is 36.1 Å². The van der Waals surface area contributed by atoms with Crippen molar-refractivity contribution in [2.75, 3.05) is 7.11 Å². The topological polar surface area (TPSA) is 64.4 Å². The van der Waals surface area contributed by atoms with E-state index in [0.717, 1.165) is 16.3 Å².